The molecule has 6 nitrogen and oxygen atoms in total. The lowest BCUT2D eigenvalue weighted by atomic mass is 10.2. The number of nitrogens with zero attached hydrogens (tertiary/aromatic N) is 4. The maximum absolute atomic E-state index is 5.82. The van der Waals surface area contributed by atoms with Gasteiger partial charge in [-0.15, -0.1) is 0 Å². The lowest BCUT2D eigenvalue weighted by molar-refractivity contribution is 0.983. The Balaban J connectivity index is 2.01. The second-order valence-corrected chi connectivity index (χ2v) is 3.66. The molecule has 0 amide bonds. The van der Waals surface area contributed by atoms with Crippen molar-refractivity contribution in [3.05, 3.63) is 42.2 Å². The third-order valence-corrected chi connectivity index (χ3v) is 2.44. The Morgan fingerprint density at radius 3 is 3.06 bits per heavy atom. The summed E-state index contributed by atoms with van der Waals surface area (Å²) in [6.07, 6.45) is 5.67. The first-order valence-electron chi connectivity index (χ1n) is 5.17. The van der Waals surface area contributed by atoms with Gasteiger partial charge in [-0.05, 0) is 11.6 Å². The summed E-state index contributed by atoms with van der Waals surface area (Å²) in [6.45, 7) is 0. The average Bonchev–Trinajstić information content (AvgIpc) is 2.79. The van der Waals surface area contributed by atoms with Crippen molar-refractivity contribution in [3.63, 3.8) is 0 Å². The first-order chi connectivity index (χ1) is 8.33. The van der Waals surface area contributed by atoms with Crippen LogP contribution in [0.5, 0.6) is 0 Å². The molecule has 6 heteroatoms. The van der Waals surface area contributed by atoms with Crippen molar-refractivity contribution in [2.24, 2.45) is 0 Å². The largest absolute Gasteiger partial charge is 0.382 e. The number of aromatic amines is 1. The number of fused-ring (bicyclic) bond motifs is 1. The molecular formula is C11H10N6. The molecule has 84 valence electrons. The highest BCUT2D eigenvalue weighted by Gasteiger charge is 2.07. The van der Waals surface area contributed by atoms with Gasteiger partial charge in [-0.1, -0.05) is 6.07 Å². The second-order valence-electron chi connectivity index (χ2n) is 3.66. The highest BCUT2D eigenvalue weighted by molar-refractivity contribution is 5.80. The van der Waals surface area contributed by atoms with Crippen LogP contribution in [0.4, 0.5) is 5.82 Å². The Morgan fingerprint density at radius 2 is 2.24 bits per heavy atom. The summed E-state index contributed by atoms with van der Waals surface area (Å²) in [6, 6.07) is 3.85. The molecule has 0 spiro atoms. The van der Waals surface area contributed by atoms with Crippen LogP contribution in [0.1, 0.15) is 11.4 Å². The molecule has 3 N–H and O–H groups in total. The van der Waals surface area contributed by atoms with Gasteiger partial charge in [-0.2, -0.15) is 0 Å². The molecule has 0 bridgehead atoms. The standard InChI is InChI=1S/C11H10N6/c12-10-9-11(15-6-14-9)17-8(16-10)4-7-2-1-3-13-5-7/h1-3,5-6H,4H2,(H3,12,14,15,16,17). The van der Waals surface area contributed by atoms with E-state index in [1.54, 1.807) is 18.7 Å². The van der Waals surface area contributed by atoms with Gasteiger partial charge in [0, 0.05) is 18.8 Å². The lowest BCUT2D eigenvalue weighted by Gasteiger charge is -2.01. The summed E-state index contributed by atoms with van der Waals surface area (Å²) in [5.74, 6) is 1.07. The average molecular weight is 226 g/mol. The SMILES string of the molecule is Nc1nc(Cc2cccnc2)nc2nc[nH]c12. The second kappa shape index (κ2) is 3.82. The van der Waals surface area contributed by atoms with E-state index >= 15 is 0 Å². The van der Waals surface area contributed by atoms with Crippen LogP contribution >= 0.6 is 0 Å². The zero-order valence-corrected chi connectivity index (χ0v) is 8.96. The number of imidazole rings is 1. The van der Waals surface area contributed by atoms with Gasteiger partial charge >= 0.3 is 0 Å². The smallest absolute Gasteiger partial charge is 0.183 e. The van der Waals surface area contributed by atoms with Crippen LogP contribution in [0.25, 0.3) is 11.2 Å². The summed E-state index contributed by atoms with van der Waals surface area (Å²) in [5.41, 5.74) is 8.13. The fraction of sp³-hybridized carbons (Fsp3) is 0.0909. The fourth-order valence-corrected chi connectivity index (χ4v) is 1.67. The summed E-state index contributed by atoms with van der Waals surface area (Å²) in [5, 5.41) is 0. The summed E-state index contributed by atoms with van der Waals surface area (Å²) in [7, 11) is 0. The molecule has 0 aliphatic heterocycles. The third-order valence-electron chi connectivity index (χ3n) is 2.44. The van der Waals surface area contributed by atoms with Crippen molar-refractivity contribution in [2.75, 3.05) is 5.73 Å². The predicted octanol–water partition coefficient (Wildman–Crippen LogP) is 0.921. The first kappa shape index (κ1) is 9.71. The number of H-pyrrole nitrogens is 1. The number of hydrogen-bond donors (Lipinski definition) is 2. The number of nitrogens with two attached hydrogens (primary N) is 1. The Kier molecular flexibility index (Phi) is 2.18. The number of nitrogens with one attached hydrogen (secondary N) is 1. The van der Waals surface area contributed by atoms with Crippen molar-refractivity contribution in [3.8, 4) is 0 Å². The van der Waals surface area contributed by atoms with Crippen molar-refractivity contribution in [1.82, 2.24) is 24.9 Å². The minimum absolute atomic E-state index is 0.423. The van der Waals surface area contributed by atoms with Crippen LogP contribution in [0.2, 0.25) is 0 Å². The molecule has 0 saturated carbocycles. The molecule has 0 aliphatic rings. The zero-order valence-electron chi connectivity index (χ0n) is 8.96. The highest BCUT2D eigenvalue weighted by Crippen LogP contribution is 2.14. The molecule has 3 aromatic rings. The zero-order chi connectivity index (χ0) is 11.7. The minimum Gasteiger partial charge on any atom is -0.382 e. The number of pyridine rings is 1. The van der Waals surface area contributed by atoms with Gasteiger partial charge in [0.2, 0.25) is 0 Å². The molecule has 3 heterocycles. The van der Waals surface area contributed by atoms with Crippen LogP contribution in [0, 0.1) is 0 Å². The van der Waals surface area contributed by atoms with E-state index in [1.165, 1.54) is 0 Å². The number of nitrogen functional groups attached to an aromatic ring is 1. The highest BCUT2D eigenvalue weighted by atomic mass is 15.0. The van der Waals surface area contributed by atoms with Crippen LogP contribution in [0.3, 0.4) is 0 Å². The number of hydrogen-bond acceptors (Lipinski definition) is 5. The molecule has 0 fully saturated rings. The molecule has 0 radical (unpaired) electrons. The minimum atomic E-state index is 0.423. The summed E-state index contributed by atoms with van der Waals surface area (Å²) < 4.78 is 0. The van der Waals surface area contributed by atoms with Gasteiger partial charge in [-0.3, -0.25) is 4.98 Å². The molecule has 3 aromatic heterocycles. The van der Waals surface area contributed by atoms with Gasteiger partial charge in [0.15, 0.2) is 11.5 Å². The topological polar surface area (TPSA) is 93.4 Å². The molecule has 0 aliphatic carbocycles. The van der Waals surface area contributed by atoms with Gasteiger partial charge < -0.3 is 10.7 Å². The summed E-state index contributed by atoms with van der Waals surface area (Å²) in [4.78, 5) is 19.6. The normalized spacial score (nSPS) is 10.8. The van der Waals surface area contributed by atoms with Crippen LogP contribution < -0.4 is 5.73 Å². The maximum atomic E-state index is 5.82. The van der Waals surface area contributed by atoms with Crippen LogP contribution in [-0.2, 0) is 6.42 Å². The van der Waals surface area contributed by atoms with E-state index in [2.05, 4.69) is 24.9 Å². The fourth-order valence-electron chi connectivity index (χ4n) is 1.67. The lowest BCUT2D eigenvalue weighted by Crippen LogP contribution is -2.02. The van der Waals surface area contributed by atoms with Crippen molar-refractivity contribution < 1.29 is 0 Å². The predicted molar refractivity (Wildman–Crippen MR) is 63.1 cm³/mol. The Morgan fingerprint density at radius 1 is 1.29 bits per heavy atom. The molecule has 0 aromatic carbocycles. The van der Waals surface area contributed by atoms with E-state index < -0.39 is 0 Å². The van der Waals surface area contributed by atoms with Crippen molar-refractivity contribution in [1.29, 1.82) is 0 Å². The van der Waals surface area contributed by atoms with E-state index in [-0.39, 0.29) is 0 Å². The van der Waals surface area contributed by atoms with E-state index in [0.717, 1.165) is 5.56 Å². The number of rotatable bonds is 2. The molecule has 17 heavy (non-hydrogen) atoms. The number of anilines is 1. The first-order valence-corrected chi connectivity index (χ1v) is 5.17. The molecule has 0 unspecified atom stereocenters. The van der Waals surface area contributed by atoms with E-state index in [9.17, 15) is 0 Å². The Bertz CT molecular complexity index is 645. The summed E-state index contributed by atoms with van der Waals surface area (Å²) >= 11 is 0. The monoisotopic (exact) mass is 226 g/mol. The van der Waals surface area contributed by atoms with Gasteiger partial charge in [0.25, 0.3) is 0 Å². The van der Waals surface area contributed by atoms with Crippen molar-refractivity contribution >= 4 is 17.0 Å². The Labute approximate surface area is 97.0 Å². The van der Waals surface area contributed by atoms with Gasteiger partial charge in [0.1, 0.15) is 11.3 Å². The van der Waals surface area contributed by atoms with Crippen LogP contribution in [0.15, 0.2) is 30.9 Å². The molecular weight excluding hydrogens is 216 g/mol. The van der Waals surface area contributed by atoms with Crippen molar-refractivity contribution in [2.45, 2.75) is 6.42 Å². The molecule has 0 atom stereocenters. The Hall–Kier alpha value is -2.50. The van der Waals surface area contributed by atoms with Gasteiger partial charge in [-0.25, -0.2) is 15.0 Å². The van der Waals surface area contributed by atoms with Crippen LogP contribution in [-0.4, -0.2) is 24.9 Å². The number of aromatic nitrogens is 5. The maximum Gasteiger partial charge on any atom is 0.183 e. The molecule has 0 saturated heterocycles. The van der Waals surface area contributed by atoms with E-state index in [4.69, 9.17) is 5.73 Å². The molecule has 3 rings (SSSR count). The van der Waals surface area contributed by atoms with Gasteiger partial charge in [0.05, 0.1) is 6.33 Å². The van der Waals surface area contributed by atoms with E-state index in [1.807, 2.05) is 12.1 Å². The quantitative estimate of drug-likeness (QED) is 0.677. The van der Waals surface area contributed by atoms with E-state index in [0.29, 0.717) is 29.2 Å². The third kappa shape index (κ3) is 1.80.